The van der Waals surface area contributed by atoms with Crippen molar-refractivity contribution < 1.29 is 4.79 Å². The molecule has 0 atom stereocenters. The standard InChI is InChI=1S/C22H14N2O2.C2H6/c1-2-6-19(25)13-11-12-16-20-14(13)7-5-8-15(20)21-23-17-9-3-4-10-18(17)24(21)22(16)26;1-2/h2-12H,1H3;1-2H3/b6-2-;. The molecule has 4 nitrogen and oxygen atoms in total. The summed E-state index contributed by atoms with van der Waals surface area (Å²) in [6.07, 6.45) is 3.27. The summed E-state index contributed by atoms with van der Waals surface area (Å²) in [6, 6.07) is 16.9. The molecule has 0 saturated carbocycles. The van der Waals surface area contributed by atoms with E-state index in [0.29, 0.717) is 16.6 Å². The fraction of sp³-hybridized carbons (Fsp3) is 0.125. The molecule has 138 valence electrons. The maximum Gasteiger partial charge on any atom is 0.264 e. The molecule has 4 heteroatoms. The van der Waals surface area contributed by atoms with Gasteiger partial charge < -0.3 is 0 Å². The second-order valence-electron chi connectivity index (χ2n) is 6.32. The zero-order chi connectivity index (χ0) is 19.8. The van der Waals surface area contributed by atoms with Crippen molar-refractivity contribution in [2.75, 3.05) is 0 Å². The Labute approximate surface area is 162 Å². The molecule has 2 heterocycles. The van der Waals surface area contributed by atoms with Gasteiger partial charge in [-0.05, 0) is 42.7 Å². The van der Waals surface area contributed by atoms with Crippen molar-refractivity contribution in [1.29, 1.82) is 0 Å². The van der Waals surface area contributed by atoms with E-state index in [2.05, 4.69) is 4.98 Å². The predicted octanol–water partition coefficient (Wildman–Crippen LogP) is 5.38. The van der Waals surface area contributed by atoms with Crippen molar-refractivity contribution in [2.24, 2.45) is 0 Å². The molecule has 2 aromatic heterocycles. The van der Waals surface area contributed by atoms with E-state index in [9.17, 15) is 9.59 Å². The van der Waals surface area contributed by atoms with Crippen LogP contribution in [0, 0.1) is 0 Å². The maximum absolute atomic E-state index is 13.2. The molecule has 5 rings (SSSR count). The van der Waals surface area contributed by atoms with Crippen LogP contribution >= 0.6 is 0 Å². The van der Waals surface area contributed by atoms with Crippen LogP contribution in [-0.4, -0.2) is 15.2 Å². The molecule has 0 aliphatic heterocycles. The summed E-state index contributed by atoms with van der Waals surface area (Å²) in [5, 5.41) is 3.07. The van der Waals surface area contributed by atoms with Crippen molar-refractivity contribution in [2.45, 2.75) is 20.8 Å². The minimum Gasteiger partial charge on any atom is -0.289 e. The Morgan fingerprint density at radius 3 is 2.46 bits per heavy atom. The van der Waals surface area contributed by atoms with Crippen molar-refractivity contribution >= 4 is 44.0 Å². The van der Waals surface area contributed by atoms with E-state index in [1.165, 1.54) is 0 Å². The number of imidazole rings is 1. The van der Waals surface area contributed by atoms with Crippen molar-refractivity contribution in [3.8, 4) is 0 Å². The highest BCUT2D eigenvalue weighted by molar-refractivity contribution is 6.22. The SMILES string of the molecule is C/C=C\C(=O)c1ccc2c(=O)n3c4ccccc4nc3c3cccc1c23.CC. The van der Waals surface area contributed by atoms with E-state index in [1.54, 1.807) is 28.7 Å². The third kappa shape index (κ3) is 2.42. The number of rotatable bonds is 2. The molecule has 0 N–H and O–H groups in total. The van der Waals surface area contributed by atoms with Gasteiger partial charge in [0.1, 0.15) is 5.65 Å². The molecular formula is C24H20N2O2. The molecule has 0 saturated heterocycles. The van der Waals surface area contributed by atoms with Crippen molar-refractivity contribution in [1.82, 2.24) is 9.38 Å². The Kier molecular flexibility index (Phi) is 4.40. The van der Waals surface area contributed by atoms with Crippen molar-refractivity contribution in [3.63, 3.8) is 0 Å². The number of para-hydroxylation sites is 2. The molecule has 28 heavy (non-hydrogen) atoms. The second kappa shape index (κ2) is 6.89. The van der Waals surface area contributed by atoms with Crippen LogP contribution in [0.5, 0.6) is 0 Å². The molecule has 0 aliphatic rings. The summed E-state index contributed by atoms with van der Waals surface area (Å²) in [5.74, 6) is -0.0669. The Balaban J connectivity index is 0.000000932. The number of ketones is 1. The van der Waals surface area contributed by atoms with Crippen LogP contribution in [0.25, 0.3) is 38.2 Å². The summed E-state index contributed by atoms with van der Waals surface area (Å²) in [5.41, 5.74) is 2.70. The molecular weight excluding hydrogens is 348 g/mol. The van der Waals surface area contributed by atoms with Gasteiger partial charge in [0, 0.05) is 21.7 Å². The number of nitrogens with zero attached hydrogens (tertiary/aromatic N) is 2. The highest BCUT2D eigenvalue weighted by atomic mass is 16.1. The average molecular weight is 368 g/mol. The lowest BCUT2D eigenvalue weighted by Crippen LogP contribution is -2.13. The molecule has 0 amide bonds. The lowest BCUT2D eigenvalue weighted by molar-refractivity contribution is 0.104. The summed E-state index contributed by atoms with van der Waals surface area (Å²) >= 11 is 0. The zero-order valence-electron chi connectivity index (χ0n) is 16.1. The Bertz CT molecular complexity index is 1430. The number of benzene rings is 3. The maximum atomic E-state index is 13.2. The van der Waals surface area contributed by atoms with Crippen LogP contribution in [0.1, 0.15) is 31.1 Å². The van der Waals surface area contributed by atoms with Crippen LogP contribution in [0.3, 0.4) is 0 Å². The molecule has 0 spiro atoms. The van der Waals surface area contributed by atoms with Crippen LogP contribution in [-0.2, 0) is 0 Å². The highest BCUT2D eigenvalue weighted by Gasteiger charge is 2.18. The lowest BCUT2D eigenvalue weighted by Gasteiger charge is -2.10. The first-order valence-electron chi connectivity index (χ1n) is 9.46. The predicted molar refractivity (Wildman–Crippen MR) is 116 cm³/mol. The normalized spacial score (nSPS) is 11.5. The van der Waals surface area contributed by atoms with Crippen LogP contribution < -0.4 is 5.56 Å². The third-order valence-electron chi connectivity index (χ3n) is 4.86. The number of fused-ring (bicyclic) bond motifs is 4. The van der Waals surface area contributed by atoms with Gasteiger partial charge in [0.25, 0.3) is 5.56 Å². The first-order valence-corrected chi connectivity index (χ1v) is 9.46. The van der Waals surface area contributed by atoms with E-state index in [0.717, 1.165) is 27.2 Å². The van der Waals surface area contributed by atoms with Gasteiger partial charge >= 0.3 is 0 Å². The Morgan fingerprint density at radius 2 is 1.68 bits per heavy atom. The van der Waals surface area contributed by atoms with E-state index in [4.69, 9.17) is 0 Å². The highest BCUT2D eigenvalue weighted by Crippen LogP contribution is 2.31. The quantitative estimate of drug-likeness (QED) is 0.311. The summed E-state index contributed by atoms with van der Waals surface area (Å²) in [4.78, 5) is 30.3. The van der Waals surface area contributed by atoms with Crippen LogP contribution in [0.2, 0.25) is 0 Å². The smallest absolute Gasteiger partial charge is 0.264 e. The molecule has 0 fully saturated rings. The largest absolute Gasteiger partial charge is 0.289 e. The topological polar surface area (TPSA) is 51.4 Å². The van der Waals surface area contributed by atoms with E-state index in [1.807, 2.05) is 63.2 Å². The fourth-order valence-corrected chi connectivity index (χ4v) is 3.76. The first kappa shape index (κ1) is 17.9. The molecule has 0 unspecified atom stereocenters. The van der Waals surface area contributed by atoms with Crippen molar-refractivity contribution in [3.05, 3.63) is 82.7 Å². The number of pyridine rings is 1. The summed E-state index contributed by atoms with van der Waals surface area (Å²) < 4.78 is 1.67. The minimum absolute atomic E-state index is 0.0669. The van der Waals surface area contributed by atoms with Gasteiger partial charge in [-0.2, -0.15) is 0 Å². The second-order valence-corrected chi connectivity index (χ2v) is 6.32. The van der Waals surface area contributed by atoms with Gasteiger partial charge in [0.05, 0.1) is 11.0 Å². The van der Waals surface area contributed by atoms with E-state index >= 15 is 0 Å². The Morgan fingerprint density at radius 1 is 0.929 bits per heavy atom. The third-order valence-corrected chi connectivity index (χ3v) is 4.86. The monoisotopic (exact) mass is 368 g/mol. The number of hydrogen-bond acceptors (Lipinski definition) is 3. The molecule has 3 aromatic carbocycles. The van der Waals surface area contributed by atoms with Crippen LogP contribution in [0.4, 0.5) is 0 Å². The number of aromatic nitrogens is 2. The summed E-state index contributed by atoms with van der Waals surface area (Å²) in [6.45, 7) is 5.81. The van der Waals surface area contributed by atoms with Gasteiger partial charge in [-0.3, -0.25) is 14.0 Å². The number of allylic oxidation sites excluding steroid dienone is 2. The average Bonchev–Trinajstić information content (AvgIpc) is 3.13. The van der Waals surface area contributed by atoms with Gasteiger partial charge in [0.15, 0.2) is 5.78 Å². The first-order chi connectivity index (χ1) is 13.7. The van der Waals surface area contributed by atoms with E-state index in [-0.39, 0.29) is 11.3 Å². The molecule has 0 bridgehead atoms. The molecule has 0 aliphatic carbocycles. The summed E-state index contributed by atoms with van der Waals surface area (Å²) in [7, 11) is 0. The molecule has 5 aromatic rings. The lowest BCUT2D eigenvalue weighted by atomic mass is 9.96. The number of carbonyl (C=O) groups is 1. The van der Waals surface area contributed by atoms with Gasteiger partial charge in [-0.25, -0.2) is 4.98 Å². The van der Waals surface area contributed by atoms with Gasteiger partial charge in [-0.1, -0.05) is 50.3 Å². The molecule has 0 radical (unpaired) electrons. The van der Waals surface area contributed by atoms with Gasteiger partial charge in [0.2, 0.25) is 0 Å². The number of hydrogen-bond donors (Lipinski definition) is 0. The Hall–Kier alpha value is -3.53. The van der Waals surface area contributed by atoms with Gasteiger partial charge in [-0.15, -0.1) is 0 Å². The van der Waals surface area contributed by atoms with E-state index < -0.39 is 0 Å². The fourth-order valence-electron chi connectivity index (χ4n) is 3.76. The zero-order valence-corrected chi connectivity index (χ0v) is 16.1. The number of carbonyl (C=O) groups excluding carboxylic acids is 1. The van der Waals surface area contributed by atoms with Crippen LogP contribution in [0.15, 0.2) is 71.5 Å². The minimum atomic E-state index is -0.109.